The van der Waals surface area contributed by atoms with Gasteiger partial charge in [-0.1, -0.05) is 84.9 Å². The lowest BCUT2D eigenvalue weighted by Crippen LogP contribution is -2.14. The van der Waals surface area contributed by atoms with Crippen molar-refractivity contribution in [3.05, 3.63) is 168 Å². The zero-order valence-corrected chi connectivity index (χ0v) is 27.5. The molecule has 0 fully saturated rings. The molecule has 2 heterocycles. The van der Waals surface area contributed by atoms with Crippen LogP contribution in [0.1, 0.15) is 22.8 Å². The van der Waals surface area contributed by atoms with Crippen LogP contribution in [0.4, 0.5) is 34.6 Å². The minimum absolute atomic E-state index is 0.662. The molecule has 5 aromatic carbocycles. The van der Waals surface area contributed by atoms with Gasteiger partial charge in [0.2, 0.25) is 11.9 Å². The van der Waals surface area contributed by atoms with Crippen molar-refractivity contribution >= 4 is 34.6 Å². The van der Waals surface area contributed by atoms with E-state index in [4.69, 9.17) is 19.9 Å². The van der Waals surface area contributed by atoms with Crippen molar-refractivity contribution in [2.24, 2.45) is 0 Å². The summed E-state index contributed by atoms with van der Waals surface area (Å²) in [5, 5.41) is 0. The Hall–Kier alpha value is -6.14. The summed E-state index contributed by atoms with van der Waals surface area (Å²) < 4.78 is 0. The maximum absolute atomic E-state index is 4.76. The second-order valence-electron chi connectivity index (χ2n) is 11.9. The summed E-state index contributed by atoms with van der Waals surface area (Å²) in [5.74, 6) is 1.32. The third kappa shape index (κ3) is 6.55. The summed E-state index contributed by atoms with van der Waals surface area (Å²) in [5.41, 5.74) is 12.4. The number of anilines is 6. The molecule has 0 unspecified atom stereocenters. The Bertz CT molecular complexity index is 1950. The van der Waals surface area contributed by atoms with Crippen molar-refractivity contribution in [3.8, 4) is 22.3 Å². The van der Waals surface area contributed by atoms with Crippen LogP contribution in [-0.4, -0.2) is 19.9 Å². The highest BCUT2D eigenvalue weighted by Gasteiger charge is 2.17. The van der Waals surface area contributed by atoms with Crippen LogP contribution in [0, 0.1) is 27.7 Å². The highest BCUT2D eigenvalue weighted by molar-refractivity contribution is 5.78. The molecule has 0 aliphatic carbocycles. The molecule has 0 aliphatic rings. The Balaban J connectivity index is 1.14. The highest BCUT2D eigenvalue weighted by Crippen LogP contribution is 2.36. The Morgan fingerprint density at radius 3 is 0.854 bits per heavy atom. The fraction of sp³-hybridized carbons (Fsp3) is 0.0952. The van der Waals surface area contributed by atoms with Crippen LogP contribution in [0.25, 0.3) is 22.3 Å². The molecular weight excluding hydrogens is 589 g/mol. The fourth-order valence-electron chi connectivity index (χ4n) is 5.99. The van der Waals surface area contributed by atoms with E-state index in [1.165, 1.54) is 0 Å². The maximum Gasteiger partial charge on any atom is 0.235 e. The van der Waals surface area contributed by atoms with Crippen molar-refractivity contribution in [1.29, 1.82) is 0 Å². The summed E-state index contributed by atoms with van der Waals surface area (Å²) in [6.45, 7) is 8.01. The van der Waals surface area contributed by atoms with Crippen LogP contribution in [0.15, 0.2) is 146 Å². The van der Waals surface area contributed by atoms with Gasteiger partial charge >= 0.3 is 0 Å². The quantitative estimate of drug-likeness (QED) is 0.168. The van der Waals surface area contributed by atoms with Crippen LogP contribution in [-0.2, 0) is 0 Å². The average molecular weight is 625 g/mol. The molecule has 0 spiro atoms. The van der Waals surface area contributed by atoms with Crippen molar-refractivity contribution < 1.29 is 0 Å². The first-order chi connectivity index (χ1) is 23.4. The minimum atomic E-state index is 0.662. The molecule has 0 saturated carbocycles. The number of nitrogens with zero attached hydrogens (tertiary/aromatic N) is 6. The van der Waals surface area contributed by atoms with E-state index in [1.54, 1.807) is 0 Å². The first kappa shape index (κ1) is 30.5. The maximum atomic E-state index is 4.76. The molecule has 234 valence electrons. The largest absolute Gasteiger partial charge is 0.279 e. The number of benzene rings is 5. The van der Waals surface area contributed by atoms with Crippen LogP contribution >= 0.6 is 0 Å². The van der Waals surface area contributed by atoms with E-state index in [-0.39, 0.29) is 0 Å². The van der Waals surface area contributed by atoms with Gasteiger partial charge in [0, 0.05) is 45.5 Å². The van der Waals surface area contributed by atoms with Crippen molar-refractivity contribution in [2.45, 2.75) is 27.7 Å². The summed E-state index contributed by atoms with van der Waals surface area (Å²) in [6.07, 6.45) is 0. The van der Waals surface area contributed by atoms with Gasteiger partial charge in [0.15, 0.2) is 0 Å². The first-order valence-corrected chi connectivity index (χ1v) is 16.1. The molecule has 0 aliphatic heterocycles. The number of para-hydroxylation sites is 2. The average Bonchev–Trinajstić information content (AvgIpc) is 3.09. The predicted octanol–water partition coefficient (Wildman–Crippen LogP) is 10.8. The summed E-state index contributed by atoms with van der Waals surface area (Å²) >= 11 is 0. The van der Waals surface area contributed by atoms with Crippen LogP contribution < -0.4 is 9.80 Å². The molecular formula is C42H36N6. The molecule has 0 atom stereocenters. The van der Waals surface area contributed by atoms with Crippen molar-refractivity contribution in [1.82, 2.24) is 19.9 Å². The molecule has 0 bridgehead atoms. The van der Waals surface area contributed by atoms with Crippen molar-refractivity contribution in [2.75, 3.05) is 9.80 Å². The highest BCUT2D eigenvalue weighted by atomic mass is 15.3. The molecule has 0 saturated heterocycles. The normalized spacial score (nSPS) is 10.9. The number of hydrogen-bond acceptors (Lipinski definition) is 6. The van der Waals surface area contributed by atoms with Crippen LogP contribution in [0.5, 0.6) is 0 Å². The Morgan fingerprint density at radius 1 is 0.312 bits per heavy atom. The third-order valence-electron chi connectivity index (χ3n) is 8.17. The predicted molar refractivity (Wildman–Crippen MR) is 197 cm³/mol. The number of aromatic nitrogens is 4. The molecule has 6 heteroatoms. The van der Waals surface area contributed by atoms with Crippen LogP contribution in [0.3, 0.4) is 0 Å². The second-order valence-corrected chi connectivity index (χ2v) is 11.9. The number of hydrogen-bond donors (Lipinski definition) is 0. The zero-order valence-electron chi connectivity index (χ0n) is 27.5. The summed E-state index contributed by atoms with van der Waals surface area (Å²) in [6, 6.07) is 50.4. The molecule has 0 radical (unpaired) electrons. The molecule has 0 N–H and O–H groups in total. The second kappa shape index (κ2) is 13.3. The van der Waals surface area contributed by atoms with Crippen LogP contribution in [0.2, 0.25) is 0 Å². The van der Waals surface area contributed by atoms with Gasteiger partial charge in [-0.05, 0) is 111 Å². The lowest BCUT2D eigenvalue weighted by molar-refractivity contribution is 1.01. The van der Waals surface area contributed by atoms with Gasteiger partial charge in [-0.3, -0.25) is 9.80 Å². The van der Waals surface area contributed by atoms with E-state index in [1.807, 2.05) is 76.2 Å². The van der Waals surface area contributed by atoms with E-state index >= 15 is 0 Å². The van der Waals surface area contributed by atoms with Crippen molar-refractivity contribution in [3.63, 3.8) is 0 Å². The van der Waals surface area contributed by atoms with Gasteiger partial charge in [-0.25, -0.2) is 19.9 Å². The number of aryl methyl sites for hydroxylation is 4. The van der Waals surface area contributed by atoms with Gasteiger partial charge in [-0.2, -0.15) is 0 Å². The minimum Gasteiger partial charge on any atom is -0.279 e. The topological polar surface area (TPSA) is 58.0 Å². The zero-order chi connectivity index (χ0) is 33.0. The third-order valence-corrected chi connectivity index (χ3v) is 8.17. The summed E-state index contributed by atoms with van der Waals surface area (Å²) in [7, 11) is 0. The standard InChI is InChI=1S/C42H36N6/c1-29-27-30(2)44-41(43-29)47(37-11-7-5-8-12-37)39-23-19-35(20-24-39)33-15-17-34(18-16-33)36-21-25-40(26-22-36)48(38-13-9-6-10-14-38)42-45-31(3)28-32(4)46-42/h5-28H,1-4H3. The Morgan fingerprint density at radius 2 is 0.562 bits per heavy atom. The van der Waals surface area contributed by atoms with E-state index < -0.39 is 0 Å². The SMILES string of the molecule is Cc1cc(C)nc(N(c2ccccc2)c2ccc(-c3ccc(-c4ccc(N(c5ccccc5)c5nc(C)cc(C)n5)cc4)cc3)cc2)n1. The first-order valence-electron chi connectivity index (χ1n) is 16.1. The monoisotopic (exact) mass is 624 g/mol. The van der Waals surface area contributed by atoms with Gasteiger partial charge in [0.25, 0.3) is 0 Å². The van der Waals surface area contributed by atoms with E-state index in [2.05, 4.69) is 107 Å². The Labute approximate surface area is 282 Å². The van der Waals surface area contributed by atoms with Gasteiger partial charge in [0.05, 0.1) is 0 Å². The van der Waals surface area contributed by atoms with E-state index in [0.717, 1.165) is 67.8 Å². The molecule has 7 aromatic rings. The van der Waals surface area contributed by atoms with Gasteiger partial charge in [0.1, 0.15) is 0 Å². The lowest BCUT2D eigenvalue weighted by atomic mass is 10.00. The molecule has 48 heavy (non-hydrogen) atoms. The molecule has 7 rings (SSSR count). The fourth-order valence-corrected chi connectivity index (χ4v) is 5.99. The molecule has 2 aromatic heterocycles. The van der Waals surface area contributed by atoms with Gasteiger partial charge < -0.3 is 0 Å². The van der Waals surface area contributed by atoms with E-state index in [0.29, 0.717) is 11.9 Å². The van der Waals surface area contributed by atoms with Gasteiger partial charge in [-0.15, -0.1) is 0 Å². The smallest absolute Gasteiger partial charge is 0.235 e. The Kier molecular flexibility index (Phi) is 8.46. The molecule has 6 nitrogen and oxygen atoms in total. The lowest BCUT2D eigenvalue weighted by Gasteiger charge is -2.24. The summed E-state index contributed by atoms with van der Waals surface area (Å²) in [4.78, 5) is 23.3. The van der Waals surface area contributed by atoms with E-state index in [9.17, 15) is 0 Å². The number of rotatable bonds is 8. The molecule has 0 amide bonds.